The van der Waals surface area contributed by atoms with Crippen LogP contribution in [0.2, 0.25) is 0 Å². The van der Waals surface area contributed by atoms with E-state index in [4.69, 9.17) is 5.73 Å². The number of nitrogens with two attached hydrogens (primary N) is 1. The molecule has 100 valence electrons. The average molecular weight is 272 g/mol. The Labute approximate surface area is 113 Å². The molecule has 0 aliphatic heterocycles. The Kier molecular flexibility index (Phi) is 7.74. The van der Waals surface area contributed by atoms with E-state index in [2.05, 4.69) is 10.6 Å². The molecule has 6 heteroatoms. The number of benzene rings is 1. The van der Waals surface area contributed by atoms with Crippen molar-refractivity contribution in [1.82, 2.24) is 10.6 Å². The molecule has 0 aliphatic rings. The summed E-state index contributed by atoms with van der Waals surface area (Å²) in [5.74, 6) is -0.397. The fraction of sp³-hybridized carbons (Fsp3) is 0.333. The van der Waals surface area contributed by atoms with Crippen molar-refractivity contribution >= 4 is 24.2 Å². The highest BCUT2D eigenvalue weighted by Crippen LogP contribution is 2.05. The van der Waals surface area contributed by atoms with E-state index < -0.39 is 0 Å². The van der Waals surface area contributed by atoms with Gasteiger partial charge in [0, 0.05) is 24.7 Å². The largest absolute Gasteiger partial charge is 0.355 e. The first-order chi connectivity index (χ1) is 8.19. The molecule has 0 aliphatic carbocycles. The highest BCUT2D eigenvalue weighted by atomic mass is 35.5. The molecule has 1 aromatic carbocycles. The molecule has 0 saturated carbocycles. The average Bonchev–Trinajstić information content (AvgIpc) is 2.38. The van der Waals surface area contributed by atoms with E-state index in [-0.39, 0.29) is 24.2 Å². The predicted octanol–water partition coefficient (Wildman–Crippen LogP) is 0.547. The van der Waals surface area contributed by atoms with Gasteiger partial charge in [-0.25, -0.2) is 0 Å². The molecule has 0 radical (unpaired) electrons. The number of hydrogen-bond acceptors (Lipinski definition) is 3. The summed E-state index contributed by atoms with van der Waals surface area (Å²) in [5.41, 5.74) is 6.28. The van der Waals surface area contributed by atoms with Crippen molar-refractivity contribution < 1.29 is 9.59 Å². The van der Waals surface area contributed by atoms with Crippen LogP contribution in [0.3, 0.4) is 0 Å². The minimum Gasteiger partial charge on any atom is -0.355 e. The van der Waals surface area contributed by atoms with Crippen LogP contribution < -0.4 is 16.4 Å². The fourth-order valence-electron chi connectivity index (χ4n) is 1.35. The van der Waals surface area contributed by atoms with Crippen LogP contribution in [0.1, 0.15) is 27.1 Å². The van der Waals surface area contributed by atoms with Gasteiger partial charge in [-0.3, -0.25) is 9.59 Å². The Morgan fingerprint density at radius 3 is 2.39 bits per heavy atom. The second-order valence-corrected chi connectivity index (χ2v) is 3.56. The van der Waals surface area contributed by atoms with E-state index in [0.29, 0.717) is 24.2 Å². The first-order valence-corrected chi connectivity index (χ1v) is 5.49. The number of nitrogens with one attached hydrogen (secondary N) is 2. The molecule has 0 saturated heterocycles. The van der Waals surface area contributed by atoms with Crippen molar-refractivity contribution in [2.24, 2.45) is 5.73 Å². The van der Waals surface area contributed by atoms with Crippen molar-refractivity contribution in [2.45, 2.75) is 6.42 Å². The zero-order chi connectivity index (χ0) is 12.7. The molecular weight excluding hydrogens is 254 g/mol. The van der Waals surface area contributed by atoms with Gasteiger partial charge in [0.25, 0.3) is 11.8 Å². The molecule has 18 heavy (non-hydrogen) atoms. The summed E-state index contributed by atoms with van der Waals surface area (Å²) in [7, 11) is 1.55. The lowest BCUT2D eigenvalue weighted by atomic mass is 10.1. The lowest BCUT2D eigenvalue weighted by Crippen LogP contribution is -2.26. The summed E-state index contributed by atoms with van der Waals surface area (Å²) < 4.78 is 0. The summed E-state index contributed by atoms with van der Waals surface area (Å²) in [4.78, 5) is 23.1. The molecule has 0 heterocycles. The van der Waals surface area contributed by atoms with Gasteiger partial charge in [-0.15, -0.1) is 12.4 Å². The summed E-state index contributed by atoms with van der Waals surface area (Å²) in [5, 5.41) is 5.25. The zero-order valence-corrected chi connectivity index (χ0v) is 11.0. The standard InChI is InChI=1S/C12H17N3O2.ClH/c1-14-11(16)9-4-2-5-10(8-9)12(17)15-7-3-6-13;/h2,4-5,8H,3,6-7,13H2,1H3,(H,14,16)(H,15,17);1H. The topological polar surface area (TPSA) is 84.2 Å². The maximum absolute atomic E-state index is 11.7. The van der Waals surface area contributed by atoms with Crippen LogP contribution in [0.25, 0.3) is 0 Å². The van der Waals surface area contributed by atoms with E-state index in [9.17, 15) is 9.59 Å². The molecule has 0 bridgehead atoms. The third-order valence-corrected chi connectivity index (χ3v) is 2.28. The van der Waals surface area contributed by atoms with Crippen LogP contribution in [-0.4, -0.2) is 32.0 Å². The Hall–Kier alpha value is -1.59. The molecule has 0 atom stereocenters. The Bertz CT molecular complexity index is 410. The van der Waals surface area contributed by atoms with Crippen molar-refractivity contribution in [3.05, 3.63) is 35.4 Å². The van der Waals surface area contributed by atoms with Gasteiger partial charge in [-0.2, -0.15) is 0 Å². The molecule has 5 nitrogen and oxygen atoms in total. The van der Waals surface area contributed by atoms with Gasteiger partial charge in [0.1, 0.15) is 0 Å². The van der Waals surface area contributed by atoms with Crippen LogP contribution in [0.4, 0.5) is 0 Å². The quantitative estimate of drug-likeness (QED) is 0.684. The van der Waals surface area contributed by atoms with Crippen LogP contribution in [0, 0.1) is 0 Å². The Morgan fingerprint density at radius 2 is 1.83 bits per heavy atom. The molecule has 0 unspecified atom stereocenters. The number of hydrogen-bond donors (Lipinski definition) is 3. The summed E-state index contributed by atoms with van der Waals surface area (Å²) in [6.07, 6.45) is 0.737. The first-order valence-electron chi connectivity index (χ1n) is 5.49. The molecular formula is C12H18ClN3O2. The molecule has 0 aromatic heterocycles. The van der Waals surface area contributed by atoms with Crippen molar-refractivity contribution in [3.63, 3.8) is 0 Å². The molecule has 4 N–H and O–H groups in total. The van der Waals surface area contributed by atoms with Gasteiger partial charge in [-0.1, -0.05) is 6.07 Å². The first kappa shape index (κ1) is 16.4. The zero-order valence-electron chi connectivity index (χ0n) is 10.2. The third kappa shape index (κ3) is 4.73. The van der Waals surface area contributed by atoms with E-state index in [1.165, 1.54) is 0 Å². The maximum Gasteiger partial charge on any atom is 0.251 e. The van der Waals surface area contributed by atoms with Crippen LogP contribution in [0.15, 0.2) is 24.3 Å². The van der Waals surface area contributed by atoms with Gasteiger partial charge < -0.3 is 16.4 Å². The van der Waals surface area contributed by atoms with Gasteiger partial charge in [0.15, 0.2) is 0 Å². The monoisotopic (exact) mass is 271 g/mol. The second-order valence-electron chi connectivity index (χ2n) is 3.56. The summed E-state index contributed by atoms with van der Waals surface area (Å²) in [6.45, 7) is 1.08. The lowest BCUT2D eigenvalue weighted by Gasteiger charge is -2.05. The minimum atomic E-state index is -0.207. The van der Waals surface area contributed by atoms with E-state index in [1.807, 2.05) is 0 Å². The fourth-order valence-corrected chi connectivity index (χ4v) is 1.35. The number of halogens is 1. The van der Waals surface area contributed by atoms with Gasteiger partial charge in [0.2, 0.25) is 0 Å². The number of carbonyl (C=O) groups is 2. The van der Waals surface area contributed by atoms with Gasteiger partial charge in [0.05, 0.1) is 0 Å². The normalized spacial score (nSPS) is 9.22. The second kappa shape index (κ2) is 8.49. The molecule has 2 amide bonds. The van der Waals surface area contributed by atoms with Crippen molar-refractivity contribution in [3.8, 4) is 0 Å². The number of rotatable bonds is 5. The summed E-state index contributed by atoms with van der Waals surface area (Å²) >= 11 is 0. The van der Waals surface area contributed by atoms with Crippen molar-refractivity contribution in [2.75, 3.05) is 20.1 Å². The lowest BCUT2D eigenvalue weighted by molar-refractivity contribution is 0.0953. The van der Waals surface area contributed by atoms with Crippen molar-refractivity contribution in [1.29, 1.82) is 0 Å². The van der Waals surface area contributed by atoms with E-state index >= 15 is 0 Å². The highest BCUT2D eigenvalue weighted by Gasteiger charge is 2.08. The van der Waals surface area contributed by atoms with E-state index in [0.717, 1.165) is 6.42 Å². The smallest absolute Gasteiger partial charge is 0.251 e. The van der Waals surface area contributed by atoms with Gasteiger partial charge in [-0.05, 0) is 31.2 Å². The van der Waals surface area contributed by atoms with Crippen LogP contribution >= 0.6 is 12.4 Å². The molecule has 1 aromatic rings. The summed E-state index contributed by atoms with van der Waals surface area (Å²) in [6, 6.07) is 6.58. The Morgan fingerprint density at radius 1 is 1.22 bits per heavy atom. The van der Waals surface area contributed by atoms with E-state index in [1.54, 1.807) is 31.3 Å². The number of carbonyl (C=O) groups excluding carboxylic acids is 2. The number of amides is 2. The molecule has 1 rings (SSSR count). The van der Waals surface area contributed by atoms with Crippen LogP contribution in [0.5, 0.6) is 0 Å². The van der Waals surface area contributed by atoms with Crippen LogP contribution in [-0.2, 0) is 0 Å². The highest BCUT2D eigenvalue weighted by molar-refractivity contribution is 5.99. The Balaban J connectivity index is 0.00000289. The molecule has 0 spiro atoms. The minimum absolute atomic E-state index is 0. The van der Waals surface area contributed by atoms with Gasteiger partial charge >= 0.3 is 0 Å². The SMILES string of the molecule is CNC(=O)c1cccc(C(=O)NCCCN)c1.Cl. The predicted molar refractivity (Wildman–Crippen MR) is 73.1 cm³/mol. The maximum atomic E-state index is 11.7. The third-order valence-electron chi connectivity index (χ3n) is 2.28. The molecule has 0 fully saturated rings.